The minimum absolute atomic E-state index is 0.228. The SMILES string of the molecule is COc1ccc(Nc2nc(C#N)nc3c2CCCC3)cc1. The van der Waals surface area contributed by atoms with E-state index in [-0.39, 0.29) is 5.82 Å². The van der Waals surface area contributed by atoms with Crippen LogP contribution >= 0.6 is 0 Å². The number of methoxy groups -OCH3 is 1. The molecular weight excluding hydrogens is 264 g/mol. The van der Waals surface area contributed by atoms with E-state index in [9.17, 15) is 0 Å². The van der Waals surface area contributed by atoms with Gasteiger partial charge >= 0.3 is 0 Å². The summed E-state index contributed by atoms with van der Waals surface area (Å²) in [4.78, 5) is 8.66. The van der Waals surface area contributed by atoms with Crippen molar-refractivity contribution in [3.8, 4) is 11.8 Å². The Labute approximate surface area is 123 Å². The van der Waals surface area contributed by atoms with Gasteiger partial charge in [-0.15, -0.1) is 0 Å². The van der Waals surface area contributed by atoms with Crippen molar-refractivity contribution >= 4 is 11.5 Å². The molecule has 2 aromatic rings. The minimum Gasteiger partial charge on any atom is -0.497 e. The van der Waals surface area contributed by atoms with Crippen LogP contribution in [-0.4, -0.2) is 17.1 Å². The molecule has 3 rings (SSSR count). The highest BCUT2D eigenvalue weighted by Crippen LogP contribution is 2.28. The number of nitriles is 1. The number of hydrogen-bond donors (Lipinski definition) is 1. The first kappa shape index (κ1) is 13.4. The lowest BCUT2D eigenvalue weighted by Gasteiger charge is -2.18. The quantitative estimate of drug-likeness (QED) is 0.935. The van der Waals surface area contributed by atoms with Gasteiger partial charge in [-0.25, -0.2) is 9.97 Å². The first-order valence-electron chi connectivity index (χ1n) is 7.01. The van der Waals surface area contributed by atoms with E-state index in [0.29, 0.717) is 0 Å². The van der Waals surface area contributed by atoms with Crippen LogP contribution in [-0.2, 0) is 12.8 Å². The highest BCUT2D eigenvalue weighted by Gasteiger charge is 2.17. The zero-order chi connectivity index (χ0) is 14.7. The van der Waals surface area contributed by atoms with Crippen LogP contribution in [0, 0.1) is 11.3 Å². The van der Waals surface area contributed by atoms with Crippen molar-refractivity contribution in [2.45, 2.75) is 25.7 Å². The maximum Gasteiger partial charge on any atom is 0.234 e. The minimum atomic E-state index is 0.228. The van der Waals surface area contributed by atoms with Crippen molar-refractivity contribution in [1.29, 1.82) is 5.26 Å². The predicted octanol–water partition coefficient (Wildman–Crippen LogP) is 2.98. The zero-order valence-corrected chi connectivity index (χ0v) is 11.9. The summed E-state index contributed by atoms with van der Waals surface area (Å²) >= 11 is 0. The highest BCUT2D eigenvalue weighted by atomic mass is 16.5. The maximum atomic E-state index is 9.08. The second-order valence-corrected chi connectivity index (χ2v) is 4.99. The molecular formula is C16H16N4O. The second kappa shape index (κ2) is 5.80. The van der Waals surface area contributed by atoms with Crippen molar-refractivity contribution in [3.05, 3.63) is 41.3 Å². The zero-order valence-electron chi connectivity index (χ0n) is 11.9. The summed E-state index contributed by atoms with van der Waals surface area (Å²) in [6.45, 7) is 0. The number of ether oxygens (including phenoxy) is 1. The van der Waals surface area contributed by atoms with Crippen LogP contribution in [0.25, 0.3) is 0 Å². The Morgan fingerprint density at radius 3 is 2.62 bits per heavy atom. The Morgan fingerprint density at radius 1 is 1.14 bits per heavy atom. The number of nitrogens with zero attached hydrogens (tertiary/aromatic N) is 3. The molecule has 1 aromatic heterocycles. The molecule has 1 aliphatic rings. The van der Waals surface area contributed by atoms with Gasteiger partial charge < -0.3 is 10.1 Å². The largest absolute Gasteiger partial charge is 0.497 e. The summed E-state index contributed by atoms with van der Waals surface area (Å²) in [5.41, 5.74) is 3.06. The Morgan fingerprint density at radius 2 is 1.90 bits per heavy atom. The van der Waals surface area contributed by atoms with Crippen LogP contribution in [0.2, 0.25) is 0 Å². The first-order chi connectivity index (χ1) is 10.3. The van der Waals surface area contributed by atoms with Crippen molar-refractivity contribution in [2.24, 2.45) is 0 Å². The fourth-order valence-corrected chi connectivity index (χ4v) is 2.56. The Hall–Kier alpha value is -2.61. The standard InChI is InChI=1S/C16H16N4O/c1-21-12-8-6-11(7-9-12)18-16-13-4-2-3-5-14(13)19-15(10-17)20-16/h6-9H,2-5H2,1H3,(H,18,19,20). The van der Waals surface area contributed by atoms with Crippen molar-refractivity contribution in [3.63, 3.8) is 0 Å². The van der Waals surface area contributed by atoms with E-state index in [1.54, 1.807) is 7.11 Å². The molecule has 1 heterocycles. The normalized spacial score (nSPS) is 13.1. The molecule has 106 valence electrons. The third-order valence-electron chi connectivity index (χ3n) is 3.64. The summed E-state index contributed by atoms with van der Waals surface area (Å²) in [6.07, 6.45) is 4.14. The van der Waals surface area contributed by atoms with Gasteiger partial charge in [-0.1, -0.05) is 0 Å². The van der Waals surface area contributed by atoms with Crippen LogP contribution in [0.3, 0.4) is 0 Å². The topological polar surface area (TPSA) is 70.8 Å². The average molecular weight is 280 g/mol. The van der Waals surface area contributed by atoms with Gasteiger partial charge in [0.15, 0.2) is 0 Å². The summed E-state index contributed by atoms with van der Waals surface area (Å²) in [5, 5.41) is 12.4. The number of hydrogen-bond acceptors (Lipinski definition) is 5. The van der Waals surface area contributed by atoms with Crippen LogP contribution in [0.1, 0.15) is 29.9 Å². The molecule has 1 aliphatic carbocycles. The van der Waals surface area contributed by atoms with E-state index in [4.69, 9.17) is 10.00 Å². The number of benzene rings is 1. The second-order valence-electron chi connectivity index (χ2n) is 4.99. The van der Waals surface area contributed by atoms with Gasteiger partial charge in [0.2, 0.25) is 5.82 Å². The number of anilines is 2. The molecule has 1 N–H and O–H groups in total. The lowest BCUT2D eigenvalue weighted by Crippen LogP contribution is -2.12. The van der Waals surface area contributed by atoms with Crippen LogP contribution in [0.4, 0.5) is 11.5 Å². The van der Waals surface area contributed by atoms with E-state index >= 15 is 0 Å². The van der Waals surface area contributed by atoms with E-state index < -0.39 is 0 Å². The number of fused-ring (bicyclic) bond motifs is 1. The fourth-order valence-electron chi connectivity index (χ4n) is 2.56. The molecule has 0 radical (unpaired) electrons. The van der Waals surface area contributed by atoms with Crippen LogP contribution in [0.15, 0.2) is 24.3 Å². The lowest BCUT2D eigenvalue weighted by molar-refractivity contribution is 0.415. The molecule has 0 spiro atoms. The summed E-state index contributed by atoms with van der Waals surface area (Å²) in [5.74, 6) is 1.79. The van der Waals surface area contributed by atoms with Crippen molar-refractivity contribution in [2.75, 3.05) is 12.4 Å². The maximum absolute atomic E-state index is 9.08. The molecule has 0 saturated carbocycles. The molecule has 0 aliphatic heterocycles. The van der Waals surface area contributed by atoms with E-state index in [1.165, 1.54) is 0 Å². The third kappa shape index (κ3) is 2.79. The molecule has 0 amide bonds. The van der Waals surface area contributed by atoms with Crippen molar-refractivity contribution < 1.29 is 4.74 Å². The predicted molar refractivity (Wildman–Crippen MR) is 79.7 cm³/mol. The molecule has 0 bridgehead atoms. The van der Waals surface area contributed by atoms with Crippen molar-refractivity contribution in [1.82, 2.24) is 9.97 Å². The molecule has 5 nitrogen and oxygen atoms in total. The number of aryl methyl sites for hydroxylation is 1. The summed E-state index contributed by atoms with van der Waals surface area (Å²) in [6, 6.07) is 9.68. The van der Waals surface area contributed by atoms with Gasteiger partial charge in [0.1, 0.15) is 17.6 Å². The van der Waals surface area contributed by atoms with Crippen LogP contribution < -0.4 is 10.1 Å². The van der Waals surface area contributed by atoms with Gasteiger partial charge in [-0.2, -0.15) is 5.26 Å². The molecule has 1 aromatic carbocycles. The monoisotopic (exact) mass is 280 g/mol. The number of rotatable bonds is 3. The Kier molecular flexibility index (Phi) is 3.69. The number of aromatic nitrogens is 2. The van der Waals surface area contributed by atoms with E-state index in [0.717, 1.165) is 54.2 Å². The first-order valence-corrected chi connectivity index (χ1v) is 7.01. The van der Waals surface area contributed by atoms with E-state index in [1.807, 2.05) is 30.3 Å². The molecule has 21 heavy (non-hydrogen) atoms. The average Bonchev–Trinajstić information content (AvgIpc) is 2.55. The van der Waals surface area contributed by atoms with Gasteiger partial charge in [0.05, 0.1) is 12.8 Å². The molecule has 0 fully saturated rings. The third-order valence-corrected chi connectivity index (χ3v) is 3.64. The fraction of sp³-hybridized carbons (Fsp3) is 0.312. The van der Waals surface area contributed by atoms with Gasteiger partial charge in [0.25, 0.3) is 0 Å². The smallest absolute Gasteiger partial charge is 0.234 e. The Balaban J connectivity index is 1.95. The number of nitrogens with one attached hydrogen (secondary N) is 1. The molecule has 5 heteroatoms. The molecule has 0 saturated heterocycles. The summed E-state index contributed by atoms with van der Waals surface area (Å²) in [7, 11) is 1.64. The summed E-state index contributed by atoms with van der Waals surface area (Å²) < 4.78 is 5.15. The van der Waals surface area contributed by atoms with Gasteiger partial charge in [-0.3, -0.25) is 0 Å². The molecule has 0 unspecified atom stereocenters. The van der Waals surface area contributed by atoms with Gasteiger partial charge in [-0.05, 0) is 49.9 Å². The lowest BCUT2D eigenvalue weighted by atomic mass is 9.96. The van der Waals surface area contributed by atoms with E-state index in [2.05, 4.69) is 15.3 Å². The van der Waals surface area contributed by atoms with Crippen LogP contribution in [0.5, 0.6) is 5.75 Å². The highest BCUT2D eigenvalue weighted by molar-refractivity contribution is 5.61. The molecule has 0 atom stereocenters. The Bertz CT molecular complexity index is 689. The van der Waals surface area contributed by atoms with Gasteiger partial charge in [0, 0.05) is 11.3 Å².